The molecule has 0 spiro atoms. The van der Waals surface area contributed by atoms with Crippen molar-refractivity contribution in [3.05, 3.63) is 52.6 Å². The van der Waals surface area contributed by atoms with Crippen molar-refractivity contribution in [2.75, 3.05) is 18.0 Å². The van der Waals surface area contributed by atoms with Gasteiger partial charge in [-0.1, -0.05) is 0 Å². The van der Waals surface area contributed by atoms with Crippen molar-refractivity contribution in [3.8, 4) is 0 Å². The van der Waals surface area contributed by atoms with Gasteiger partial charge >= 0.3 is 6.18 Å². The molecule has 0 aliphatic carbocycles. The number of benzene rings is 1. The first kappa shape index (κ1) is 16.3. The normalized spacial score (nSPS) is 16.4. The largest absolute Gasteiger partial charge is 0.418 e. The van der Waals surface area contributed by atoms with Crippen molar-refractivity contribution in [2.45, 2.75) is 25.1 Å². The van der Waals surface area contributed by atoms with Gasteiger partial charge in [0.1, 0.15) is 0 Å². The van der Waals surface area contributed by atoms with Gasteiger partial charge in [-0.3, -0.25) is 10.1 Å². The minimum atomic E-state index is -4.64. The number of aromatic nitrogens is 2. The van der Waals surface area contributed by atoms with E-state index in [1.54, 1.807) is 17.4 Å². The van der Waals surface area contributed by atoms with Crippen LogP contribution in [0.25, 0.3) is 0 Å². The molecule has 1 saturated heterocycles. The Balaban J connectivity index is 1.83. The molecule has 1 aliphatic heterocycles. The highest BCUT2D eigenvalue weighted by Crippen LogP contribution is 2.40. The second-order valence-electron chi connectivity index (χ2n) is 5.68. The third-order valence-electron chi connectivity index (χ3n) is 4.25. The summed E-state index contributed by atoms with van der Waals surface area (Å²) in [6.07, 6.45) is 1.95. The van der Waals surface area contributed by atoms with E-state index < -0.39 is 22.4 Å². The number of rotatable bonds is 3. The van der Waals surface area contributed by atoms with E-state index in [-0.39, 0.29) is 11.7 Å². The zero-order chi connectivity index (χ0) is 17.3. The number of alkyl halides is 3. The zero-order valence-electron chi connectivity index (χ0n) is 12.6. The van der Waals surface area contributed by atoms with E-state index in [1.165, 1.54) is 6.07 Å². The van der Waals surface area contributed by atoms with Crippen LogP contribution in [0.3, 0.4) is 0 Å². The van der Waals surface area contributed by atoms with Crippen molar-refractivity contribution in [2.24, 2.45) is 0 Å². The number of non-ortho nitro benzene ring substituents is 1. The van der Waals surface area contributed by atoms with Crippen LogP contribution in [-0.4, -0.2) is 27.6 Å². The van der Waals surface area contributed by atoms with E-state index >= 15 is 0 Å². The van der Waals surface area contributed by atoms with Crippen LogP contribution >= 0.6 is 0 Å². The number of piperidine rings is 1. The van der Waals surface area contributed by atoms with Crippen LogP contribution in [0.5, 0.6) is 0 Å². The van der Waals surface area contributed by atoms with E-state index in [0.717, 1.165) is 6.07 Å². The lowest BCUT2D eigenvalue weighted by atomic mass is 10.0. The Labute approximate surface area is 135 Å². The fourth-order valence-corrected chi connectivity index (χ4v) is 3.03. The van der Waals surface area contributed by atoms with Crippen molar-refractivity contribution in [1.29, 1.82) is 0 Å². The summed E-state index contributed by atoms with van der Waals surface area (Å²) in [6.45, 7) is 0.896. The van der Waals surface area contributed by atoms with Crippen molar-refractivity contribution in [1.82, 2.24) is 9.55 Å². The van der Waals surface area contributed by atoms with Gasteiger partial charge in [0.2, 0.25) is 0 Å². The molecule has 0 radical (unpaired) electrons. The molecule has 1 aromatic carbocycles. The number of anilines is 1. The van der Waals surface area contributed by atoms with Gasteiger partial charge in [0, 0.05) is 49.3 Å². The Kier molecular flexibility index (Phi) is 4.16. The molecule has 0 unspecified atom stereocenters. The molecule has 1 aliphatic rings. The Morgan fingerprint density at radius 2 is 1.96 bits per heavy atom. The van der Waals surface area contributed by atoms with Crippen LogP contribution in [0, 0.1) is 10.1 Å². The predicted octanol–water partition coefficient (Wildman–Crippen LogP) is 3.65. The van der Waals surface area contributed by atoms with Gasteiger partial charge in [-0.2, -0.15) is 13.2 Å². The molecule has 0 N–H and O–H groups in total. The lowest BCUT2D eigenvalue weighted by molar-refractivity contribution is -0.385. The molecule has 3 rings (SSSR count). The molecule has 2 heterocycles. The summed E-state index contributed by atoms with van der Waals surface area (Å²) in [5, 5.41) is 10.8. The molecule has 0 bridgehead atoms. The second kappa shape index (κ2) is 6.14. The van der Waals surface area contributed by atoms with E-state index in [4.69, 9.17) is 0 Å². The number of imidazole rings is 1. The molecule has 128 valence electrons. The van der Waals surface area contributed by atoms with Gasteiger partial charge in [-0.05, 0) is 18.9 Å². The Hall–Kier alpha value is -2.58. The van der Waals surface area contributed by atoms with Gasteiger partial charge in [-0.25, -0.2) is 4.98 Å². The Morgan fingerprint density at radius 3 is 2.50 bits per heavy atom. The first-order valence-electron chi connectivity index (χ1n) is 7.44. The molecule has 9 heteroatoms. The minimum Gasteiger partial charge on any atom is -0.371 e. The Morgan fingerprint density at radius 1 is 1.25 bits per heavy atom. The van der Waals surface area contributed by atoms with Gasteiger partial charge in [0.05, 0.1) is 16.8 Å². The Bertz CT molecular complexity index is 723. The van der Waals surface area contributed by atoms with Crippen molar-refractivity contribution < 1.29 is 18.1 Å². The summed E-state index contributed by atoms with van der Waals surface area (Å²) < 4.78 is 41.8. The van der Waals surface area contributed by atoms with Crippen LogP contribution in [-0.2, 0) is 6.18 Å². The number of halogens is 3. The lowest BCUT2D eigenvalue weighted by Crippen LogP contribution is -2.35. The smallest absolute Gasteiger partial charge is 0.371 e. The predicted molar refractivity (Wildman–Crippen MR) is 80.8 cm³/mol. The van der Waals surface area contributed by atoms with Crippen molar-refractivity contribution in [3.63, 3.8) is 0 Å². The van der Waals surface area contributed by atoms with Crippen LogP contribution in [0.2, 0.25) is 0 Å². The van der Waals surface area contributed by atoms with E-state index in [1.807, 2.05) is 10.8 Å². The average molecular weight is 340 g/mol. The van der Waals surface area contributed by atoms with E-state index in [0.29, 0.717) is 32.0 Å². The van der Waals surface area contributed by atoms with Gasteiger partial charge < -0.3 is 9.47 Å². The van der Waals surface area contributed by atoms with Crippen LogP contribution < -0.4 is 4.90 Å². The highest BCUT2D eigenvalue weighted by atomic mass is 19.4. The van der Waals surface area contributed by atoms with Gasteiger partial charge in [0.15, 0.2) is 0 Å². The number of hydrogen-bond donors (Lipinski definition) is 0. The molecule has 1 fully saturated rings. The molecular weight excluding hydrogens is 325 g/mol. The van der Waals surface area contributed by atoms with Crippen LogP contribution in [0.15, 0.2) is 36.9 Å². The van der Waals surface area contributed by atoms with E-state index in [2.05, 4.69) is 4.98 Å². The molecule has 24 heavy (non-hydrogen) atoms. The van der Waals surface area contributed by atoms with E-state index in [9.17, 15) is 23.3 Å². The summed E-state index contributed by atoms with van der Waals surface area (Å²) in [5.74, 6) is 0. The maximum absolute atomic E-state index is 13.3. The quantitative estimate of drug-likeness (QED) is 0.632. The summed E-state index contributed by atoms with van der Waals surface area (Å²) in [7, 11) is 0. The summed E-state index contributed by atoms with van der Waals surface area (Å²) >= 11 is 0. The van der Waals surface area contributed by atoms with Crippen LogP contribution in [0.4, 0.5) is 24.5 Å². The monoisotopic (exact) mass is 340 g/mol. The molecule has 6 nitrogen and oxygen atoms in total. The topological polar surface area (TPSA) is 64.2 Å². The highest BCUT2D eigenvalue weighted by molar-refractivity contribution is 5.59. The van der Waals surface area contributed by atoms with Gasteiger partial charge in [0.25, 0.3) is 5.69 Å². The standard InChI is InChI=1S/C15H15F3N4O2/c16-15(17,18)13-9-12(22(23)24)1-2-14(13)20-6-3-11(4-7-20)21-8-5-19-10-21/h1-2,5,8-11H,3-4,6-7H2. The molecular formula is C15H15F3N4O2. The highest BCUT2D eigenvalue weighted by Gasteiger charge is 2.37. The number of nitrogens with zero attached hydrogens (tertiary/aromatic N) is 4. The van der Waals surface area contributed by atoms with Crippen LogP contribution in [0.1, 0.15) is 24.4 Å². The SMILES string of the molecule is O=[N+]([O-])c1ccc(N2CCC(n3ccnc3)CC2)c(C(F)(F)F)c1. The number of nitro benzene ring substituents is 1. The third kappa shape index (κ3) is 3.19. The molecule has 2 aromatic rings. The summed E-state index contributed by atoms with van der Waals surface area (Å²) in [4.78, 5) is 15.6. The molecule has 0 saturated carbocycles. The first-order chi connectivity index (χ1) is 11.4. The summed E-state index contributed by atoms with van der Waals surface area (Å²) in [6, 6.07) is 3.12. The molecule has 0 amide bonds. The second-order valence-corrected chi connectivity index (χ2v) is 5.68. The number of nitro groups is 1. The maximum Gasteiger partial charge on any atom is 0.418 e. The maximum atomic E-state index is 13.3. The third-order valence-corrected chi connectivity index (χ3v) is 4.25. The molecule has 0 atom stereocenters. The van der Waals surface area contributed by atoms with Gasteiger partial charge in [-0.15, -0.1) is 0 Å². The van der Waals surface area contributed by atoms with Crippen molar-refractivity contribution >= 4 is 11.4 Å². The zero-order valence-corrected chi connectivity index (χ0v) is 12.6. The lowest BCUT2D eigenvalue weighted by Gasteiger charge is -2.35. The fraction of sp³-hybridized carbons (Fsp3) is 0.400. The summed E-state index contributed by atoms with van der Waals surface area (Å²) in [5.41, 5.74) is -1.52. The average Bonchev–Trinajstić information content (AvgIpc) is 3.08. The fourth-order valence-electron chi connectivity index (χ4n) is 3.03. The number of hydrogen-bond acceptors (Lipinski definition) is 4. The minimum absolute atomic E-state index is 0.00261. The first-order valence-corrected chi connectivity index (χ1v) is 7.44. The molecule has 1 aromatic heterocycles.